The van der Waals surface area contributed by atoms with E-state index in [0.717, 1.165) is 23.2 Å². The number of hydrogen-bond acceptors (Lipinski definition) is 6. The molecule has 0 spiro atoms. The number of anilines is 1. The summed E-state index contributed by atoms with van der Waals surface area (Å²) in [4.78, 5) is 21.1. The molecular formula is C22H22FN3O3S. The molecule has 6 nitrogen and oxygen atoms in total. The fourth-order valence-corrected chi connectivity index (χ4v) is 4.15. The number of nitrogens with zero attached hydrogens (tertiary/aromatic N) is 3. The van der Waals surface area contributed by atoms with Gasteiger partial charge in [0.05, 0.1) is 4.70 Å². The lowest BCUT2D eigenvalue weighted by Crippen LogP contribution is -2.32. The van der Waals surface area contributed by atoms with Gasteiger partial charge in [0.25, 0.3) is 5.91 Å². The van der Waals surface area contributed by atoms with Gasteiger partial charge in [-0.2, -0.15) is 0 Å². The molecule has 2 heterocycles. The lowest BCUT2D eigenvalue weighted by Gasteiger charge is -2.19. The Kier molecular flexibility index (Phi) is 5.96. The molecule has 0 saturated carbocycles. The van der Waals surface area contributed by atoms with Crippen LogP contribution in [0, 0.1) is 5.82 Å². The van der Waals surface area contributed by atoms with Gasteiger partial charge < -0.3 is 14.4 Å². The minimum atomic E-state index is -0.383. The average molecular weight is 428 g/mol. The zero-order valence-electron chi connectivity index (χ0n) is 16.8. The van der Waals surface area contributed by atoms with Crippen molar-refractivity contribution in [3.8, 4) is 11.5 Å². The number of ether oxygens (including phenoxy) is 2. The lowest BCUT2D eigenvalue weighted by atomic mass is 10.2. The van der Waals surface area contributed by atoms with Gasteiger partial charge >= 0.3 is 0 Å². The van der Waals surface area contributed by atoms with Crippen molar-refractivity contribution in [1.29, 1.82) is 0 Å². The van der Waals surface area contributed by atoms with Crippen molar-refractivity contribution < 1.29 is 18.7 Å². The highest BCUT2D eigenvalue weighted by molar-refractivity contribution is 7.22. The molecule has 0 fully saturated rings. The van der Waals surface area contributed by atoms with Gasteiger partial charge in [-0.05, 0) is 63.0 Å². The van der Waals surface area contributed by atoms with Crippen LogP contribution >= 0.6 is 11.3 Å². The Bertz CT molecular complexity index is 1100. The molecule has 1 aliphatic rings. The molecule has 3 aromatic rings. The minimum Gasteiger partial charge on any atom is -0.454 e. The molecule has 4 rings (SSSR count). The van der Waals surface area contributed by atoms with Gasteiger partial charge in [-0.25, -0.2) is 9.37 Å². The minimum absolute atomic E-state index is 0.203. The summed E-state index contributed by atoms with van der Waals surface area (Å²) < 4.78 is 25.5. The Morgan fingerprint density at radius 1 is 1.20 bits per heavy atom. The molecule has 0 saturated heterocycles. The second-order valence-electron chi connectivity index (χ2n) is 7.18. The zero-order valence-corrected chi connectivity index (χ0v) is 17.6. The largest absolute Gasteiger partial charge is 0.454 e. The summed E-state index contributed by atoms with van der Waals surface area (Å²) in [5.41, 5.74) is 1.12. The monoisotopic (exact) mass is 427 g/mol. The fraction of sp³-hybridized carbons (Fsp3) is 0.273. The molecule has 0 atom stereocenters. The molecule has 0 aliphatic carbocycles. The number of fused-ring (bicyclic) bond motifs is 2. The molecule has 156 valence electrons. The smallest absolute Gasteiger partial charge is 0.252 e. The third-order valence-corrected chi connectivity index (χ3v) is 5.70. The van der Waals surface area contributed by atoms with E-state index >= 15 is 0 Å². The highest BCUT2D eigenvalue weighted by atomic mass is 32.1. The Hall–Kier alpha value is -2.97. The molecule has 1 aliphatic heterocycles. The summed E-state index contributed by atoms with van der Waals surface area (Å²) in [6.45, 7) is 1.52. The maximum atomic E-state index is 14.1. The van der Waals surface area contributed by atoms with Crippen LogP contribution in [0.5, 0.6) is 11.5 Å². The number of carbonyl (C=O) groups excluding carboxylic acids is 1. The molecule has 0 N–H and O–H groups in total. The van der Waals surface area contributed by atoms with Crippen LogP contribution in [0.25, 0.3) is 16.3 Å². The number of amides is 1. The van der Waals surface area contributed by atoms with Crippen LogP contribution in [0.3, 0.4) is 0 Å². The van der Waals surface area contributed by atoms with E-state index in [4.69, 9.17) is 9.47 Å². The number of thiazole rings is 1. The standard InChI is InChI=1S/C22H22FN3O3S/c1-25(2)11-4-12-26(22-24-21-16(23)5-3-6-19(21)30-22)20(27)10-8-15-7-9-17-18(13-15)29-14-28-17/h3,5-10,13H,4,11-12,14H2,1-2H3/b10-8+. The van der Waals surface area contributed by atoms with Gasteiger partial charge in [0.15, 0.2) is 16.6 Å². The van der Waals surface area contributed by atoms with E-state index in [1.54, 1.807) is 17.0 Å². The molecule has 2 aromatic carbocycles. The summed E-state index contributed by atoms with van der Waals surface area (Å²) >= 11 is 1.31. The van der Waals surface area contributed by atoms with E-state index in [1.807, 2.05) is 38.4 Å². The van der Waals surface area contributed by atoms with Gasteiger partial charge in [0.2, 0.25) is 6.79 Å². The van der Waals surface area contributed by atoms with Crippen LogP contribution in [-0.4, -0.2) is 49.8 Å². The van der Waals surface area contributed by atoms with Crippen LogP contribution in [0.2, 0.25) is 0 Å². The van der Waals surface area contributed by atoms with Crippen LogP contribution in [0.15, 0.2) is 42.5 Å². The Morgan fingerprint density at radius 2 is 2.03 bits per heavy atom. The molecule has 0 radical (unpaired) electrons. The Labute approximate surface area is 178 Å². The third kappa shape index (κ3) is 4.44. The van der Waals surface area contributed by atoms with Crippen LogP contribution in [-0.2, 0) is 4.79 Å². The van der Waals surface area contributed by atoms with Gasteiger partial charge in [-0.1, -0.05) is 23.5 Å². The van der Waals surface area contributed by atoms with E-state index in [1.165, 1.54) is 23.5 Å². The average Bonchev–Trinajstić information content (AvgIpc) is 3.36. The predicted molar refractivity (Wildman–Crippen MR) is 117 cm³/mol. The number of rotatable bonds is 7. The molecule has 0 unspecified atom stereocenters. The van der Waals surface area contributed by atoms with Crippen molar-refractivity contribution in [2.24, 2.45) is 0 Å². The topological polar surface area (TPSA) is 54.9 Å². The normalized spacial score (nSPS) is 12.9. The van der Waals surface area contributed by atoms with E-state index in [0.29, 0.717) is 28.7 Å². The van der Waals surface area contributed by atoms with Gasteiger partial charge in [-0.3, -0.25) is 9.69 Å². The summed E-state index contributed by atoms with van der Waals surface area (Å²) in [6.07, 6.45) is 4.02. The fourth-order valence-electron chi connectivity index (χ4n) is 3.14. The predicted octanol–water partition coefficient (Wildman–Crippen LogP) is 4.16. The maximum absolute atomic E-state index is 14.1. The van der Waals surface area contributed by atoms with Crippen LogP contribution < -0.4 is 14.4 Å². The quantitative estimate of drug-likeness (QED) is 0.530. The van der Waals surface area contributed by atoms with Crippen molar-refractivity contribution in [2.45, 2.75) is 6.42 Å². The van der Waals surface area contributed by atoms with E-state index < -0.39 is 0 Å². The number of carbonyl (C=O) groups is 1. The Morgan fingerprint density at radius 3 is 2.83 bits per heavy atom. The Balaban J connectivity index is 1.57. The number of halogens is 1. The van der Waals surface area contributed by atoms with Gasteiger partial charge in [0.1, 0.15) is 11.3 Å². The molecule has 1 aromatic heterocycles. The summed E-state index contributed by atoms with van der Waals surface area (Å²) in [5.74, 6) is 0.770. The van der Waals surface area contributed by atoms with Crippen molar-refractivity contribution in [1.82, 2.24) is 9.88 Å². The molecular weight excluding hydrogens is 405 g/mol. The number of para-hydroxylation sites is 1. The zero-order chi connectivity index (χ0) is 21.1. The summed E-state index contributed by atoms with van der Waals surface area (Å²) in [5, 5.41) is 0.495. The molecule has 8 heteroatoms. The third-order valence-electron chi connectivity index (χ3n) is 4.66. The summed E-state index contributed by atoms with van der Waals surface area (Å²) in [6, 6.07) is 10.3. The second-order valence-corrected chi connectivity index (χ2v) is 8.18. The summed E-state index contributed by atoms with van der Waals surface area (Å²) in [7, 11) is 3.97. The number of hydrogen-bond donors (Lipinski definition) is 0. The first-order valence-corrected chi connectivity index (χ1v) is 10.4. The second kappa shape index (κ2) is 8.81. The molecule has 30 heavy (non-hydrogen) atoms. The molecule has 1 amide bonds. The van der Waals surface area contributed by atoms with Crippen molar-refractivity contribution in [3.63, 3.8) is 0 Å². The van der Waals surface area contributed by atoms with E-state index in [9.17, 15) is 9.18 Å². The first-order chi connectivity index (χ1) is 14.5. The first kappa shape index (κ1) is 20.3. The maximum Gasteiger partial charge on any atom is 0.252 e. The molecule has 0 bridgehead atoms. The van der Waals surface area contributed by atoms with Crippen molar-refractivity contribution in [3.05, 3.63) is 53.9 Å². The van der Waals surface area contributed by atoms with Crippen molar-refractivity contribution in [2.75, 3.05) is 38.9 Å². The highest BCUT2D eigenvalue weighted by Gasteiger charge is 2.19. The van der Waals surface area contributed by atoms with E-state index in [2.05, 4.69) is 9.88 Å². The van der Waals surface area contributed by atoms with Gasteiger partial charge in [-0.15, -0.1) is 0 Å². The van der Waals surface area contributed by atoms with Crippen LogP contribution in [0.4, 0.5) is 9.52 Å². The van der Waals surface area contributed by atoms with Gasteiger partial charge in [0, 0.05) is 12.6 Å². The first-order valence-electron chi connectivity index (χ1n) is 9.60. The SMILES string of the molecule is CN(C)CCCN(C(=O)/C=C/c1ccc2c(c1)OCO2)c1nc2c(F)cccc2s1. The van der Waals surface area contributed by atoms with E-state index in [-0.39, 0.29) is 18.5 Å². The number of benzene rings is 2. The highest BCUT2D eigenvalue weighted by Crippen LogP contribution is 2.33. The van der Waals surface area contributed by atoms with Crippen LogP contribution in [0.1, 0.15) is 12.0 Å². The van der Waals surface area contributed by atoms with Crippen molar-refractivity contribution >= 4 is 38.7 Å². The lowest BCUT2D eigenvalue weighted by molar-refractivity contribution is -0.114. The number of aromatic nitrogens is 1.